The van der Waals surface area contributed by atoms with Crippen molar-refractivity contribution in [3.63, 3.8) is 0 Å². The molecule has 1 N–H and O–H groups in total. The zero-order chi connectivity index (χ0) is 14.9. The highest BCUT2D eigenvalue weighted by Crippen LogP contribution is 2.34. The van der Waals surface area contributed by atoms with Gasteiger partial charge in [-0.3, -0.25) is 0 Å². The van der Waals surface area contributed by atoms with Crippen molar-refractivity contribution in [2.24, 2.45) is 0 Å². The molecule has 1 atom stereocenters. The monoisotopic (exact) mass is 419 g/mol. The van der Waals surface area contributed by atoms with Crippen LogP contribution in [0.25, 0.3) is 0 Å². The van der Waals surface area contributed by atoms with Crippen molar-refractivity contribution in [3.8, 4) is 0 Å². The van der Waals surface area contributed by atoms with E-state index in [2.05, 4.69) is 37.2 Å². The van der Waals surface area contributed by atoms with Crippen LogP contribution in [0.2, 0.25) is 5.02 Å². The highest BCUT2D eigenvalue weighted by Gasteiger charge is 2.19. The number of halogens is 4. The molecule has 106 valence electrons. The molecule has 0 aromatic heterocycles. The van der Waals surface area contributed by atoms with Gasteiger partial charge in [0.05, 0.1) is 6.04 Å². The molecule has 0 aliphatic heterocycles. The highest BCUT2D eigenvalue weighted by atomic mass is 79.9. The Morgan fingerprint density at radius 2 is 1.85 bits per heavy atom. The first kappa shape index (κ1) is 16.0. The Kier molecular flexibility index (Phi) is 5.24. The van der Waals surface area contributed by atoms with Crippen molar-refractivity contribution >= 4 is 43.5 Å². The second-order valence-electron chi connectivity index (χ2n) is 4.51. The first-order valence-electron chi connectivity index (χ1n) is 6.01. The van der Waals surface area contributed by atoms with Gasteiger partial charge in [0.1, 0.15) is 5.82 Å². The Morgan fingerprint density at radius 1 is 1.15 bits per heavy atom. The third-order valence-electron chi connectivity index (χ3n) is 3.15. The minimum atomic E-state index is -0.288. The number of nitrogens with one attached hydrogen (secondary N) is 1. The van der Waals surface area contributed by atoms with Crippen molar-refractivity contribution in [3.05, 3.63) is 66.8 Å². The maximum Gasteiger partial charge on any atom is 0.127 e. The van der Waals surface area contributed by atoms with Crippen molar-refractivity contribution in [2.45, 2.75) is 13.0 Å². The van der Waals surface area contributed by atoms with Gasteiger partial charge in [0.25, 0.3) is 0 Å². The van der Waals surface area contributed by atoms with Gasteiger partial charge < -0.3 is 5.32 Å². The van der Waals surface area contributed by atoms with Crippen LogP contribution in [-0.2, 0) is 0 Å². The Labute approximate surface area is 139 Å². The quantitative estimate of drug-likeness (QED) is 0.678. The summed E-state index contributed by atoms with van der Waals surface area (Å²) in [5.74, 6) is -0.288. The van der Waals surface area contributed by atoms with Crippen LogP contribution >= 0.6 is 43.5 Å². The van der Waals surface area contributed by atoms with E-state index in [-0.39, 0.29) is 11.9 Å². The molecule has 5 heteroatoms. The van der Waals surface area contributed by atoms with E-state index in [0.29, 0.717) is 10.6 Å². The second-order valence-corrected chi connectivity index (χ2v) is 6.69. The van der Waals surface area contributed by atoms with Gasteiger partial charge in [-0.05, 0) is 54.9 Å². The smallest absolute Gasteiger partial charge is 0.127 e. The third-order valence-corrected chi connectivity index (χ3v) is 4.66. The minimum Gasteiger partial charge on any atom is -0.309 e. The standard InChI is InChI=1S/C15H13Br2ClFN/c1-8-5-11(13(18)7-14(8)19)15(20-2)10-4-3-9(16)6-12(10)17/h3-7,15,20H,1-2H3. The molecule has 0 saturated carbocycles. The predicted molar refractivity (Wildman–Crippen MR) is 88.9 cm³/mol. The summed E-state index contributed by atoms with van der Waals surface area (Å²) in [5, 5.41) is 3.65. The number of aryl methyl sites for hydroxylation is 1. The fraction of sp³-hybridized carbons (Fsp3) is 0.200. The van der Waals surface area contributed by atoms with Crippen molar-refractivity contribution in [2.75, 3.05) is 7.05 Å². The summed E-state index contributed by atoms with van der Waals surface area (Å²) in [6.45, 7) is 1.73. The average Bonchev–Trinajstić information content (AvgIpc) is 2.38. The van der Waals surface area contributed by atoms with Gasteiger partial charge in [-0.15, -0.1) is 0 Å². The van der Waals surface area contributed by atoms with Crippen LogP contribution in [0.1, 0.15) is 22.7 Å². The van der Waals surface area contributed by atoms with E-state index in [1.807, 2.05) is 25.2 Å². The molecule has 2 rings (SSSR count). The Hall–Kier alpha value is -0.420. The maximum absolute atomic E-state index is 13.5. The van der Waals surface area contributed by atoms with Crippen molar-refractivity contribution in [1.29, 1.82) is 0 Å². The Balaban J connectivity index is 2.55. The van der Waals surface area contributed by atoms with Crippen LogP contribution in [0.15, 0.2) is 39.3 Å². The molecule has 20 heavy (non-hydrogen) atoms. The van der Waals surface area contributed by atoms with E-state index >= 15 is 0 Å². The van der Waals surface area contributed by atoms with Crippen LogP contribution in [0, 0.1) is 12.7 Å². The number of benzene rings is 2. The summed E-state index contributed by atoms with van der Waals surface area (Å²) in [7, 11) is 1.86. The molecule has 0 saturated heterocycles. The lowest BCUT2D eigenvalue weighted by atomic mass is 9.97. The fourth-order valence-electron chi connectivity index (χ4n) is 2.11. The van der Waals surface area contributed by atoms with Gasteiger partial charge in [0.2, 0.25) is 0 Å². The lowest BCUT2D eigenvalue weighted by Crippen LogP contribution is -2.19. The largest absolute Gasteiger partial charge is 0.309 e. The topological polar surface area (TPSA) is 12.0 Å². The molecule has 2 aromatic carbocycles. The molecule has 0 spiro atoms. The summed E-state index contributed by atoms with van der Waals surface area (Å²) in [4.78, 5) is 0. The van der Waals surface area contributed by atoms with Gasteiger partial charge >= 0.3 is 0 Å². The van der Waals surface area contributed by atoms with Gasteiger partial charge in [0.15, 0.2) is 0 Å². The molecule has 0 heterocycles. The van der Waals surface area contributed by atoms with Crippen LogP contribution < -0.4 is 5.32 Å². The van der Waals surface area contributed by atoms with Crippen LogP contribution in [0.5, 0.6) is 0 Å². The second kappa shape index (κ2) is 6.56. The number of hydrogen-bond donors (Lipinski definition) is 1. The third kappa shape index (κ3) is 3.25. The van der Waals surface area contributed by atoms with Crippen molar-refractivity contribution < 1.29 is 4.39 Å². The predicted octanol–water partition coefficient (Wildman–Crippen LogP) is 5.62. The summed E-state index contributed by atoms with van der Waals surface area (Å²) in [5.41, 5.74) is 2.48. The summed E-state index contributed by atoms with van der Waals surface area (Å²) in [6, 6.07) is 8.99. The Bertz CT molecular complexity index is 646. The van der Waals surface area contributed by atoms with E-state index in [4.69, 9.17) is 11.6 Å². The summed E-state index contributed by atoms with van der Waals surface area (Å²) >= 11 is 13.2. The first-order valence-corrected chi connectivity index (χ1v) is 7.98. The van der Waals surface area contributed by atoms with Crippen LogP contribution in [0.3, 0.4) is 0 Å². The van der Waals surface area contributed by atoms with E-state index < -0.39 is 0 Å². The molecular formula is C15H13Br2ClFN. The highest BCUT2D eigenvalue weighted by molar-refractivity contribution is 9.11. The number of rotatable bonds is 3. The molecule has 1 unspecified atom stereocenters. The molecular weight excluding hydrogens is 408 g/mol. The first-order chi connectivity index (χ1) is 9.43. The molecule has 0 aliphatic carbocycles. The zero-order valence-corrected chi connectivity index (χ0v) is 14.9. The average molecular weight is 422 g/mol. The molecule has 1 nitrogen and oxygen atoms in total. The van der Waals surface area contributed by atoms with Crippen molar-refractivity contribution in [1.82, 2.24) is 5.32 Å². The summed E-state index contributed by atoms with van der Waals surface area (Å²) in [6.07, 6.45) is 0. The molecule has 2 aromatic rings. The van der Waals surface area contributed by atoms with Gasteiger partial charge in [-0.25, -0.2) is 4.39 Å². The number of hydrogen-bond acceptors (Lipinski definition) is 1. The minimum absolute atomic E-state index is 0.107. The molecule has 0 aliphatic rings. The lowest BCUT2D eigenvalue weighted by molar-refractivity contribution is 0.614. The van der Waals surface area contributed by atoms with E-state index in [1.54, 1.807) is 13.0 Å². The van der Waals surface area contributed by atoms with Gasteiger partial charge in [-0.1, -0.05) is 49.5 Å². The Morgan fingerprint density at radius 3 is 2.45 bits per heavy atom. The van der Waals surface area contributed by atoms with Crippen LogP contribution in [-0.4, -0.2) is 7.05 Å². The SMILES string of the molecule is CNC(c1cc(C)c(F)cc1Cl)c1ccc(Br)cc1Br. The van der Waals surface area contributed by atoms with E-state index in [0.717, 1.165) is 20.1 Å². The fourth-order valence-corrected chi connectivity index (χ4v) is 3.65. The van der Waals surface area contributed by atoms with Gasteiger partial charge in [-0.2, -0.15) is 0 Å². The molecule has 0 amide bonds. The van der Waals surface area contributed by atoms with Crippen LogP contribution in [0.4, 0.5) is 4.39 Å². The zero-order valence-electron chi connectivity index (χ0n) is 11.0. The maximum atomic E-state index is 13.5. The molecule has 0 bridgehead atoms. The lowest BCUT2D eigenvalue weighted by Gasteiger charge is -2.21. The van der Waals surface area contributed by atoms with Gasteiger partial charge in [0, 0.05) is 14.0 Å². The molecule has 0 fully saturated rings. The normalized spacial score (nSPS) is 12.5. The van der Waals surface area contributed by atoms with E-state index in [1.165, 1.54) is 6.07 Å². The van der Waals surface area contributed by atoms with E-state index in [9.17, 15) is 4.39 Å². The summed E-state index contributed by atoms with van der Waals surface area (Å²) < 4.78 is 15.5. The molecule has 0 radical (unpaired) electrons.